The topological polar surface area (TPSA) is 43.7 Å². The monoisotopic (exact) mass is 384 g/mol. The van der Waals surface area contributed by atoms with E-state index in [4.69, 9.17) is 21.4 Å². The van der Waals surface area contributed by atoms with Crippen molar-refractivity contribution in [2.45, 2.75) is 32.9 Å². The minimum Gasteiger partial charge on any atom is -0.379 e. The summed E-state index contributed by atoms with van der Waals surface area (Å²) in [5, 5.41) is 7.90. The Hall–Kier alpha value is -2.14. The van der Waals surface area contributed by atoms with E-state index in [0.29, 0.717) is 6.10 Å². The summed E-state index contributed by atoms with van der Waals surface area (Å²) in [5.41, 5.74) is 4.36. The molecule has 142 valence electrons. The maximum atomic E-state index is 6.05. The highest BCUT2D eigenvalue weighted by atomic mass is 35.5. The normalized spacial score (nSPS) is 11.3. The molecule has 5 heteroatoms. The second kappa shape index (κ2) is 9.70. The van der Waals surface area contributed by atoms with Gasteiger partial charge in [-0.2, -0.15) is 5.10 Å². The number of hydrogen-bond donors (Lipinski definition) is 1. The molecule has 4 nitrogen and oxygen atoms in total. The molecule has 0 aliphatic carbocycles. The Morgan fingerprint density at radius 1 is 1.07 bits per heavy atom. The molecule has 27 heavy (non-hydrogen) atoms. The lowest BCUT2D eigenvalue weighted by Gasteiger charge is -2.06. The van der Waals surface area contributed by atoms with Gasteiger partial charge in [0.05, 0.1) is 30.5 Å². The first kappa shape index (κ1) is 19.6. The van der Waals surface area contributed by atoms with Crippen LogP contribution >= 0.6 is 11.6 Å². The van der Waals surface area contributed by atoms with Crippen molar-refractivity contribution in [1.82, 2.24) is 9.78 Å². The van der Waals surface area contributed by atoms with Crippen LogP contribution in [0.4, 0.5) is 0 Å². The highest BCUT2D eigenvalue weighted by Crippen LogP contribution is 2.24. The van der Waals surface area contributed by atoms with Gasteiger partial charge in [-0.3, -0.25) is 0 Å². The lowest BCUT2D eigenvalue weighted by Crippen LogP contribution is -2.82. The molecule has 0 fully saturated rings. The molecule has 1 heterocycles. The maximum absolute atomic E-state index is 6.05. The number of nitrogens with two attached hydrogens (primary N) is 1. The third-order valence-corrected chi connectivity index (χ3v) is 4.55. The number of nitrogens with zero attached hydrogens (tertiary/aromatic N) is 2. The number of ether oxygens (including phenoxy) is 1. The first-order valence-electron chi connectivity index (χ1n) is 9.46. The second-order valence-electron chi connectivity index (χ2n) is 6.84. The number of benzene rings is 2. The average molecular weight is 385 g/mol. The van der Waals surface area contributed by atoms with Crippen molar-refractivity contribution in [3.05, 3.63) is 71.4 Å². The number of rotatable bonds is 9. The molecule has 2 N–H and O–H groups in total. The largest absolute Gasteiger partial charge is 0.379 e. The number of aromatic nitrogens is 2. The summed E-state index contributed by atoms with van der Waals surface area (Å²) < 4.78 is 7.56. The molecule has 0 aliphatic rings. The van der Waals surface area contributed by atoms with Crippen molar-refractivity contribution in [3.8, 4) is 16.9 Å². The van der Waals surface area contributed by atoms with Gasteiger partial charge < -0.3 is 10.1 Å². The molecular formula is C22H27ClN3O+. The van der Waals surface area contributed by atoms with Crippen LogP contribution in [0.15, 0.2) is 60.8 Å². The molecule has 2 aromatic carbocycles. The Bertz CT molecular complexity index is 829. The van der Waals surface area contributed by atoms with E-state index < -0.39 is 0 Å². The van der Waals surface area contributed by atoms with E-state index in [2.05, 4.69) is 37.5 Å². The molecule has 0 unspecified atom stereocenters. The Balaban J connectivity index is 1.74. The smallest absolute Gasteiger partial charge is 0.105 e. The molecule has 0 radical (unpaired) electrons. The van der Waals surface area contributed by atoms with Crippen molar-refractivity contribution in [2.75, 3.05) is 13.2 Å². The SMILES string of the molecule is CC(C)OCCC[NH2+]Cc1cn(-c2ccccc2)nc1-c1ccc(Cl)cc1. The second-order valence-corrected chi connectivity index (χ2v) is 7.28. The van der Waals surface area contributed by atoms with E-state index >= 15 is 0 Å². The summed E-state index contributed by atoms with van der Waals surface area (Å²) in [5.74, 6) is 0. The predicted octanol–water partition coefficient (Wildman–Crippen LogP) is 4.07. The van der Waals surface area contributed by atoms with Crippen molar-refractivity contribution >= 4 is 11.6 Å². The zero-order valence-electron chi connectivity index (χ0n) is 15.9. The highest BCUT2D eigenvalue weighted by Gasteiger charge is 2.13. The van der Waals surface area contributed by atoms with Crippen LogP contribution in [-0.2, 0) is 11.3 Å². The molecule has 1 aromatic heterocycles. The van der Waals surface area contributed by atoms with Gasteiger partial charge in [-0.1, -0.05) is 41.9 Å². The van der Waals surface area contributed by atoms with Gasteiger partial charge in [0, 0.05) is 23.2 Å². The molecule has 3 rings (SSSR count). The number of halogens is 1. The lowest BCUT2D eigenvalue weighted by atomic mass is 10.1. The summed E-state index contributed by atoms with van der Waals surface area (Å²) in [6, 6.07) is 18.1. The van der Waals surface area contributed by atoms with Gasteiger partial charge in [0.15, 0.2) is 0 Å². The fourth-order valence-corrected chi connectivity index (χ4v) is 3.05. The summed E-state index contributed by atoms with van der Waals surface area (Å²) in [6.07, 6.45) is 3.47. The molecular weight excluding hydrogens is 358 g/mol. The minimum absolute atomic E-state index is 0.297. The summed E-state index contributed by atoms with van der Waals surface area (Å²) in [4.78, 5) is 0. The van der Waals surface area contributed by atoms with Crippen LogP contribution in [0.3, 0.4) is 0 Å². The van der Waals surface area contributed by atoms with Gasteiger partial charge in [0.25, 0.3) is 0 Å². The first-order valence-corrected chi connectivity index (χ1v) is 9.84. The average Bonchev–Trinajstić information content (AvgIpc) is 3.10. The van der Waals surface area contributed by atoms with Crippen molar-refractivity contribution in [1.29, 1.82) is 0 Å². The van der Waals surface area contributed by atoms with Gasteiger partial charge in [-0.05, 0) is 38.1 Å². The molecule has 3 aromatic rings. The number of quaternary nitrogens is 1. The Labute approximate surface area is 166 Å². The summed E-state index contributed by atoms with van der Waals surface area (Å²) in [6.45, 7) is 6.86. The number of hydrogen-bond acceptors (Lipinski definition) is 2. The van der Waals surface area contributed by atoms with Crippen molar-refractivity contribution < 1.29 is 10.1 Å². The van der Waals surface area contributed by atoms with Crippen LogP contribution in [0.1, 0.15) is 25.8 Å². The van der Waals surface area contributed by atoms with E-state index in [9.17, 15) is 0 Å². The first-order chi connectivity index (χ1) is 13.1. The molecule has 0 bridgehead atoms. The summed E-state index contributed by atoms with van der Waals surface area (Å²) >= 11 is 6.05. The Kier molecular flexibility index (Phi) is 7.04. The Morgan fingerprint density at radius 3 is 2.52 bits per heavy atom. The zero-order valence-corrected chi connectivity index (χ0v) is 16.7. The molecule has 0 saturated carbocycles. The third-order valence-electron chi connectivity index (χ3n) is 4.30. The summed E-state index contributed by atoms with van der Waals surface area (Å²) in [7, 11) is 0. The van der Waals surface area contributed by atoms with Gasteiger partial charge in [0.1, 0.15) is 12.2 Å². The van der Waals surface area contributed by atoms with E-state index in [1.807, 2.05) is 47.1 Å². The maximum Gasteiger partial charge on any atom is 0.105 e. The fraction of sp³-hybridized carbons (Fsp3) is 0.318. The van der Waals surface area contributed by atoms with E-state index in [1.54, 1.807) is 0 Å². The van der Waals surface area contributed by atoms with Gasteiger partial charge in [0.2, 0.25) is 0 Å². The predicted molar refractivity (Wildman–Crippen MR) is 110 cm³/mol. The highest BCUT2D eigenvalue weighted by molar-refractivity contribution is 6.30. The van der Waals surface area contributed by atoms with Crippen LogP contribution in [0, 0.1) is 0 Å². The molecule has 0 saturated heterocycles. The van der Waals surface area contributed by atoms with Crippen LogP contribution in [0.5, 0.6) is 0 Å². The molecule has 0 amide bonds. The van der Waals surface area contributed by atoms with E-state index in [1.165, 1.54) is 5.56 Å². The molecule has 0 atom stereocenters. The van der Waals surface area contributed by atoms with Crippen LogP contribution in [-0.4, -0.2) is 29.0 Å². The Morgan fingerprint density at radius 2 is 1.81 bits per heavy atom. The molecule has 0 aliphatic heterocycles. The van der Waals surface area contributed by atoms with E-state index in [-0.39, 0.29) is 0 Å². The number of para-hydroxylation sites is 1. The standard InChI is InChI=1S/C22H26ClN3O/c1-17(2)27-14-6-13-24-15-19-16-26(21-7-4-3-5-8-21)25-22(19)18-9-11-20(23)12-10-18/h3-5,7-12,16-17,24H,6,13-15H2,1-2H3/p+1. The van der Waals surface area contributed by atoms with Crippen molar-refractivity contribution in [3.63, 3.8) is 0 Å². The molecule has 0 spiro atoms. The quantitative estimate of drug-likeness (QED) is 0.565. The van der Waals surface area contributed by atoms with Gasteiger partial charge in [-0.25, -0.2) is 4.68 Å². The van der Waals surface area contributed by atoms with E-state index in [0.717, 1.165) is 48.1 Å². The zero-order chi connectivity index (χ0) is 19.1. The fourth-order valence-electron chi connectivity index (χ4n) is 2.93. The lowest BCUT2D eigenvalue weighted by molar-refractivity contribution is -0.671. The van der Waals surface area contributed by atoms with Crippen LogP contribution < -0.4 is 5.32 Å². The van der Waals surface area contributed by atoms with Crippen LogP contribution in [0.2, 0.25) is 5.02 Å². The van der Waals surface area contributed by atoms with Crippen molar-refractivity contribution in [2.24, 2.45) is 0 Å². The van der Waals surface area contributed by atoms with Gasteiger partial charge >= 0.3 is 0 Å². The van der Waals surface area contributed by atoms with Crippen LogP contribution in [0.25, 0.3) is 16.9 Å². The minimum atomic E-state index is 0.297. The van der Waals surface area contributed by atoms with Gasteiger partial charge in [-0.15, -0.1) is 0 Å². The third kappa shape index (κ3) is 5.67.